The number of H-pyrrole nitrogens is 1. The van der Waals surface area contributed by atoms with Crippen LogP contribution in [0.15, 0.2) is 65.9 Å². The molecule has 3 amide bonds. The third-order valence-corrected chi connectivity index (χ3v) is 11.6. The second-order valence-corrected chi connectivity index (χ2v) is 16.5. The first-order valence-electron chi connectivity index (χ1n) is 19.8. The minimum absolute atomic E-state index is 0.00690. The van der Waals surface area contributed by atoms with Crippen LogP contribution in [0, 0.1) is 29.6 Å². The summed E-state index contributed by atoms with van der Waals surface area (Å²) in [6.45, 7) is 13.3. The lowest BCUT2D eigenvalue weighted by Gasteiger charge is -2.30. The fourth-order valence-corrected chi connectivity index (χ4v) is 8.32. The summed E-state index contributed by atoms with van der Waals surface area (Å²) in [6, 6.07) is 15.8. The largest absolute Gasteiger partial charge is 0.469 e. The van der Waals surface area contributed by atoms with E-state index in [2.05, 4.69) is 72.7 Å². The Labute approximate surface area is 330 Å². The zero-order valence-corrected chi connectivity index (χ0v) is 33.9. The molecule has 1 aromatic heterocycles. The Kier molecular flexibility index (Phi) is 12.5. The molecule has 2 fully saturated rings. The van der Waals surface area contributed by atoms with E-state index in [0.29, 0.717) is 25.4 Å². The number of ether oxygens (including phenoxy) is 2. The van der Waals surface area contributed by atoms with Gasteiger partial charge in [0, 0.05) is 31.4 Å². The molecule has 56 heavy (non-hydrogen) atoms. The molecular weight excluding hydrogens is 709 g/mol. The van der Waals surface area contributed by atoms with Crippen molar-refractivity contribution in [1.29, 1.82) is 0 Å². The molecule has 6 atom stereocenters. The van der Waals surface area contributed by atoms with Crippen molar-refractivity contribution in [2.45, 2.75) is 85.4 Å². The Bertz CT molecular complexity index is 1970. The van der Waals surface area contributed by atoms with Gasteiger partial charge in [0.25, 0.3) is 0 Å². The van der Waals surface area contributed by atoms with Gasteiger partial charge in [-0.2, -0.15) is 0 Å². The topological polar surface area (TPSA) is 146 Å². The maximum Gasteiger partial charge on any atom is 0.407 e. The molecule has 12 nitrogen and oxygen atoms in total. The maximum absolute atomic E-state index is 13.8. The Morgan fingerprint density at radius 1 is 0.786 bits per heavy atom. The first-order chi connectivity index (χ1) is 26.8. The summed E-state index contributed by atoms with van der Waals surface area (Å²) in [5.41, 5.74) is 7.24. The van der Waals surface area contributed by atoms with Gasteiger partial charge in [-0.05, 0) is 64.3 Å². The second-order valence-electron chi connectivity index (χ2n) is 16.5. The highest BCUT2D eigenvalue weighted by molar-refractivity contribution is 6.03. The van der Waals surface area contributed by atoms with E-state index in [9.17, 15) is 19.2 Å². The number of hydrogen-bond donors (Lipinski definition) is 2. The number of rotatable bonds is 12. The summed E-state index contributed by atoms with van der Waals surface area (Å²) in [7, 11) is 2.66. The highest BCUT2D eigenvalue weighted by Crippen LogP contribution is 2.37. The predicted molar refractivity (Wildman–Crippen MR) is 216 cm³/mol. The van der Waals surface area contributed by atoms with Crippen LogP contribution in [0.5, 0.6) is 0 Å². The van der Waals surface area contributed by atoms with Crippen LogP contribution in [0.25, 0.3) is 28.0 Å². The third kappa shape index (κ3) is 8.74. The number of alkyl carbamates (subject to hydrolysis) is 1. The number of likely N-dealkylation sites (tertiary alicyclic amines) is 2. The number of amides is 3. The third-order valence-electron chi connectivity index (χ3n) is 11.6. The summed E-state index contributed by atoms with van der Waals surface area (Å²) in [5, 5.41) is 2.71. The average Bonchev–Trinajstić information content (AvgIpc) is 4.02. The van der Waals surface area contributed by atoms with Gasteiger partial charge < -0.3 is 29.6 Å². The molecule has 0 aliphatic carbocycles. The number of methoxy groups -OCH3 is 2. The zero-order chi connectivity index (χ0) is 40.3. The molecular formula is C44H56N6O6. The highest BCUT2D eigenvalue weighted by atomic mass is 16.5. The Balaban J connectivity index is 1.09. The molecule has 0 unspecified atom stereocenters. The van der Waals surface area contributed by atoms with Crippen LogP contribution in [-0.2, 0) is 23.9 Å². The molecule has 0 radical (unpaired) electrons. The number of carbonyl (C=O) groups is 4. The summed E-state index contributed by atoms with van der Waals surface area (Å²) in [5.74, 6) is 0.355. The van der Waals surface area contributed by atoms with Crippen LogP contribution in [-0.4, -0.2) is 88.7 Å². The van der Waals surface area contributed by atoms with Crippen LogP contribution in [0.3, 0.4) is 0 Å². The van der Waals surface area contributed by atoms with E-state index in [-0.39, 0.29) is 54.0 Å². The summed E-state index contributed by atoms with van der Waals surface area (Å²) >= 11 is 0. The first-order valence-corrected chi connectivity index (χ1v) is 19.8. The molecule has 12 heteroatoms. The Morgan fingerprint density at radius 3 is 1.93 bits per heavy atom. The van der Waals surface area contributed by atoms with Crippen LogP contribution >= 0.6 is 0 Å². The van der Waals surface area contributed by atoms with Crippen molar-refractivity contribution in [3.8, 4) is 22.4 Å². The van der Waals surface area contributed by atoms with Gasteiger partial charge >= 0.3 is 12.1 Å². The van der Waals surface area contributed by atoms with E-state index in [4.69, 9.17) is 19.5 Å². The minimum atomic E-state index is -0.694. The van der Waals surface area contributed by atoms with Crippen molar-refractivity contribution in [2.75, 3.05) is 27.3 Å². The highest BCUT2D eigenvalue weighted by Gasteiger charge is 2.42. The van der Waals surface area contributed by atoms with E-state index in [1.54, 1.807) is 0 Å². The number of aliphatic imine (C=N–C) groups is 1. The first kappa shape index (κ1) is 40.4. The number of nitrogens with one attached hydrogen (secondary N) is 2. The van der Waals surface area contributed by atoms with E-state index in [0.717, 1.165) is 57.9 Å². The summed E-state index contributed by atoms with van der Waals surface area (Å²) < 4.78 is 9.68. The van der Waals surface area contributed by atoms with Gasteiger partial charge in [-0.25, -0.2) is 9.78 Å². The van der Waals surface area contributed by atoms with Crippen molar-refractivity contribution in [1.82, 2.24) is 25.1 Å². The lowest BCUT2D eigenvalue weighted by atomic mass is 9.90. The molecule has 0 bridgehead atoms. The van der Waals surface area contributed by atoms with E-state index in [1.807, 2.05) is 49.9 Å². The lowest BCUT2D eigenvalue weighted by molar-refractivity contribution is -0.148. The maximum atomic E-state index is 13.8. The van der Waals surface area contributed by atoms with Gasteiger partial charge in [0.05, 0.1) is 50.5 Å². The van der Waals surface area contributed by atoms with Crippen molar-refractivity contribution in [3.05, 3.63) is 72.3 Å². The number of aromatic nitrogens is 2. The molecule has 6 rings (SSSR count). The number of hydrogen-bond acceptors (Lipinski definition) is 8. The normalized spacial score (nSPS) is 21.9. The molecule has 0 spiro atoms. The van der Waals surface area contributed by atoms with Crippen molar-refractivity contribution in [2.24, 2.45) is 34.6 Å². The Morgan fingerprint density at radius 2 is 1.36 bits per heavy atom. The van der Waals surface area contributed by atoms with Crippen molar-refractivity contribution < 1.29 is 28.7 Å². The Hall–Kier alpha value is -5.26. The number of aromatic amines is 1. The smallest absolute Gasteiger partial charge is 0.407 e. The standard InChI is InChI=1S/C44H56N6O6/c1-25(2)34(20-39(51)55-7)42(52)49-23-27(5)17-37(49)35-19-33(21-45-35)31-11-9-29(10-12-31)30-13-15-32(16-14-30)36-22-46-41(47-36)38-18-28(6)24-50(38)43(53)40(26(3)4)48-44(54)56-8/h9-16,21-22,25-28,34,37-38,40H,17-20,23-24H2,1-8H3,(H,46,47)(H,48,54)/t27-,28-,34-,37-,38-,40-/m0/s1. The van der Waals surface area contributed by atoms with Crippen LogP contribution in [0.4, 0.5) is 4.79 Å². The zero-order valence-electron chi connectivity index (χ0n) is 33.9. The van der Waals surface area contributed by atoms with Crippen LogP contribution in [0.1, 0.15) is 84.7 Å². The number of esters is 1. The van der Waals surface area contributed by atoms with E-state index in [1.165, 1.54) is 14.2 Å². The van der Waals surface area contributed by atoms with E-state index < -0.39 is 18.1 Å². The van der Waals surface area contributed by atoms with Gasteiger partial charge in [-0.1, -0.05) is 90.1 Å². The molecule has 3 aromatic rings. The predicted octanol–water partition coefficient (Wildman–Crippen LogP) is 7.29. The van der Waals surface area contributed by atoms with Gasteiger partial charge in [0.2, 0.25) is 11.8 Å². The molecule has 3 aliphatic rings. The van der Waals surface area contributed by atoms with Gasteiger partial charge in [0.1, 0.15) is 11.9 Å². The molecule has 3 aliphatic heterocycles. The van der Waals surface area contributed by atoms with Crippen LogP contribution in [0.2, 0.25) is 0 Å². The number of nitrogens with zero attached hydrogens (tertiary/aromatic N) is 4. The van der Waals surface area contributed by atoms with Crippen molar-refractivity contribution in [3.63, 3.8) is 0 Å². The minimum Gasteiger partial charge on any atom is -0.469 e. The quantitative estimate of drug-likeness (QED) is 0.184. The lowest BCUT2D eigenvalue weighted by Crippen LogP contribution is -2.51. The molecule has 2 aromatic carbocycles. The average molecular weight is 765 g/mol. The summed E-state index contributed by atoms with van der Waals surface area (Å²) in [4.78, 5) is 68.4. The number of allylic oxidation sites excluding steroid dienone is 1. The van der Waals surface area contributed by atoms with Gasteiger partial charge in [-0.15, -0.1) is 0 Å². The van der Waals surface area contributed by atoms with E-state index >= 15 is 0 Å². The number of carbonyl (C=O) groups excluding carboxylic acids is 4. The molecule has 298 valence electrons. The van der Waals surface area contributed by atoms with Gasteiger partial charge in [0.15, 0.2) is 0 Å². The SMILES string of the molecule is COC(=O)C[C@H](C(=O)N1C[C@@H](C)C[C@H]1C1=NC=C(c2ccc(-c3ccc(-c4cnc([C@@H]5C[C@H](C)CN5C(=O)[C@@H](NC(=O)OC)C(C)C)[nH]4)cc3)cc2)C1)C(C)C. The van der Waals surface area contributed by atoms with Crippen LogP contribution < -0.4 is 5.32 Å². The summed E-state index contributed by atoms with van der Waals surface area (Å²) in [6.07, 6.45) is 5.52. The van der Waals surface area contributed by atoms with Gasteiger partial charge in [-0.3, -0.25) is 19.4 Å². The monoisotopic (exact) mass is 764 g/mol. The molecule has 2 saturated heterocycles. The fourth-order valence-electron chi connectivity index (χ4n) is 8.32. The fraction of sp³-hybridized carbons (Fsp3) is 0.500. The van der Waals surface area contributed by atoms with Crippen molar-refractivity contribution >= 4 is 35.2 Å². The molecule has 0 saturated carbocycles. The number of imidazole rings is 1. The second kappa shape index (κ2) is 17.3. The number of benzene rings is 2. The molecule has 4 heterocycles. The molecule has 2 N–H and O–H groups in total.